The number of nitrogen functional groups attached to an aromatic ring is 1. The average Bonchev–Trinajstić information content (AvgIpc) is 2.03. The fourth-order valence-electron chi connectivity index (χ4n) is 0.964. The molecule has 1 rings (SSSR count). The average molecular weight is 187 g/mol. The zero-order valence-corrected chi connectivity index (χ0v) is 9.78. The second kappa shape index (κ2) is 5.27. The minimum absolute atomic E-state index is 0. The van der Waals surface area contributed by atoms with E-state index in [4.69, 9.17) is 5.73 Å². The SMILES string of the molecule is C[C@H](C(=O)[O-])c1cccc(N)c1.[Na+]. The minimum Gasteiger partial charge on any atom is -0.550 e. The summed E-state index contributed by atoms with van der Waals surface area (Å²) >= 11 is 0. The number of carboxylic acids is 1. The zero-order chi connectivity index (χ0) is 9.14. The molecule has 0 saturated heterocycles. The van der Waals surface area contributed by atoms with Gasteiger partial charge in [-0.1, -0.05) is 19.1 Å². The molecule has 1 atom stereocenters. The van der Waals surface area contributed by atoms with E-state index in [9.17, 15) is 9.90 Å². The topological polar surface area (TPSA) is 66.1 Å². The molecule has 4 heteroatoms. The minimum atomic E-state index is -1.08. The molecule has 2 N–H and O–H groups in total. The second-order valence-corrected chi connectivity index (χ2v) is 2.71. The summed E-state index contributed by atoms with van der Waals surface area (Å²) in [5, 5.41) is 10.5. The third-order valence-electron chi connectivity index (χ3n) is 1.76. The Kier molecular flexibility index (Phi) is 5.06. The van der Waals surface area contributed by atoms with Crippen molar-refractivity contribution < 1.29 is 39.5 Å². The van der Waals surface area contributed by atoms with Crippen molar-refractivity contribution in [2.24, 2.45) is 0 Å². The van der Waals surface area contributed by atoms with Crippen molar-refractivity contribution in [1.82, 2.24) is 0 Å². The quantitative estimate of drug-likeness (QED) is 0.399. The van der Waals surface area contributed by atoms with Crippen LogP contribution in [0.4, 0.5) is 5.69 Å². The summed E-state index contributed by atoms with van der Waals surface area (Å²) in [5.41, 5.74) is 6.73. The first-order valence-electron chi connectivity index (χ1n) is 3.67. The molecule has 0 heterocycles. The zero-order valence-electron chi connectivity index (χ0n) is 7.78. The summed E-state index contributed by atoms with van der Waals surface area (Å²) in [5.74, 6) is -1.69. The third kappa shape index (κ3) is 3.38. The fourth-order valence-corrected chi connectivity index (χ4v) is 0.964. The molecule has 0 aromatic heterocycles. The van der Waals surface area contributed by atoms with E-state index < -0.39 is 11.9 Å². The van der Waals surface area contributed by atoms with E-state index in [-0.39, 0.29) is 29.6 Å². The summed E-state index contributed by atoms with van der Waals surface area (Å²) in [6, 6.07) is 6.80. The van der Waals surface area contributed by atoms with Gasteiger partial charge in [-0.3, -0.25) is 0 Å². The fraction of sp³-hybridized carbons (Fsp3) is 0.222. The van der Waals surface area contributed by atoms with E-state index in [0.29, 0.717) is 11.3 Å². The van der Waals surface area contributed by atoms with Crippen LogP contribution in [0.15, 0.2) is 24.3 Å². The number of anilines is 1. The number of carbonyl (C=O) groups is 1. The van der Waals surface area contributed by atoms with Gasteiger partial charge in [0.15, 0.2) is 0 Å². The van der Waals surface area contributed by atoms with Gasteiger partial charge in [0.1, 0.15) is 0 Å². The Bertz CT molecular complexity index is 301. The van der Waals surface area contributed by atoms with Gasteiger partial charge >= 0.3 is 29.6 Å². The van der Waals surface area contributed by atoms with Crippen LogP contribution in [0.2, 0.25) is 0 Å². The van der Waals surface area contributed by atoms with Crippen LogP contribution in [0.25, 0.3) is 0 Å². The van der Waals surface area contributed by atoms with E-state index in [0.717, 1.165) is 0 Å². The van der Waals surface area contributed by atoms with Crippen molar-refractivity contribution in [2.45, 2.75) is 12.8 Å². The van der Waals surface area contributed by atoms with Crippen molar-refractivity contribution in [2.75, 3.05) is 5.73 Å². The molecule has 3 nitrogen and oxygen atoms in total. The van der Waals surface area contributed by atoms with Crippen LogP contribution < -0.4 is 40.4 Å². The normalized spacial score (nSPS) is 11.5. The number of aliphatic carboxylic acids is 1. The van der Waals surface area contributed by atoms with E-state index in [1.54, 1.807) is 31.2 Å². The van der Waals surface area contributed by atoms with Gasteiger partial charge < -0.3 is 15.6 Å². The molecule has 1 aromatic rings. The molecule has 13 heavy (non-hydrogen) atoms. The first-order valence-corrected chi connectivity index (χ1v) is 3.67. The van der Waals surface area contributed by atoms with E-state index >= 15 is 0 Å². The molecule has 0 spiro atoms. The molecular weight excluding hydrogens is 177 g/mol. The molecule has 0 fully saturated rings. The summed E-state index contributed by atoms with van der Waals surface area (Å²) in [6.45, 7) is 1.57. The number of hydrogen-bond acceptors (Lipinski definition) is 3. The number of benzene rings is 1. The van der Waals surface area contributed by atoms with Gasteiger partial charge in [0.25, 0.3) is 0 Å². The van der Waals surface area contributed by atoms with Crippen LogP contribution in [0.3, 0.4) is 0 Å². The van der Waals surface area contributed by atoms with Gasteiger partial charge in [0.05, 0.1) is 0 Å². The number of carbonyl (C=O) groups excluding carboxylic acids is 1. The van der Waals surface area contributed by atoms with E-state index in [2.05, 4.69) is 0 Å². The molecule has 0 aliphatic rings. The molecule has 0 saturated carbocycles. The maximum atomic E-state index is 10.5. The molecule has 0 bridgehead atoms. The molecule has 64 valence electrons. The number of hydrogen-bond donors (Lipinski definition) is 1. The smallest absolute Gasteiger partial charge is 0.550 e. The molecule has 0 unspecified atom stereocenters. The summed E-state index contributed by atoms with van der Waals surface area (Å²) < 4.78 is 0. The molecule has 1 aromatic carbocycles. The predicted molar refractivity (Wildman–Crippen MR) is 44.3 cm³/mol. The predicted octanol–water partition coefficient (Wildman–Crippen LogP) is -2.87. The van der Waals surface area contributed by atoms with E-state index in [1.165, 1.54) is 0 Å². The van der Waals surface area contributed by atoms with Crippen LogP contribution in [0.1, 0.15) is 18.4 Å². The summed E-state index contributed by atoms with van der Waals surface area (Å²) in [6.07, 6.45) is 0. The van der Waals surface area contributed by atoms with Crippen LogP contribution in [0.5, 0.6) is 0 Å². The van der Waals surface area contributed by atoms with Crippen molar-refractivity contribution in [3.05, 3.63) is 29.8 Å². The number of carboxylic acid groups (broad SMARTS) is 1. The van der Waals surface area contributed by atoms with Gasteiger partial charge in [-0.15, -0.1) is 0 Å². The third-order valence-corrected chi connectivity index (χ3v) is 1.76. The molecular formula is C9H10NNaO2. The van der Waals surface area contributed by atoms with Gasteiger partial charge in [0.2, 0.25) is 0 Å². The van der Waals surface area contributed by atoms with Gasteiger partial charge in [-0.05, 0) is 17.7 Å². The van der Waals surface area contributed by atoms with Crippen molar-refractivity contribution in [3.63, 3.8) is 0 Å². The van der Waals surface area contributed by atoms with Crippen LogP contribution in [-0.2, 0) is 4.79 Å². The Morgan fingerprint density at radius 2 is 2.15 bits per heavy atom. The summed E-state index contributed by atoms with van der Waals surface area (Å²) in [7, 11) is 0. The van der Waals surface area contributed by atoms with Crippen molar-refractivity contribution >= 4 is 11.7 Å². The Hall–Kier alpha value is -0.510. The van der Waals surface area contributed by atoms with Crippen molar-refractivity contribution in [1.29, 1.82) is 0 Å². The van der Waals surface area contributed by atoms with Gasteiger partial charge in [-0.2, -0.15) is 0 Å². The van der Waals surface area contributed by atoms with Crippen LogP contribution in [-0.4, -0.2) is 5.97 Å². The van der Waals surface area contributed by atoms with Gasteiger partial charge in [0, 0.05) is 17.6 Å². The largest absolute Gasteiger partial charge is 1.00 e. The van der Waals surface area contributed by atoms with Crippen molar-refractivity contribution in [3.8, 4) is 0 Å². The first-order chi connectivity index (χ1) is 5.61. The Balaban J connectivity index is 0.00000144. The molecule has 0 amide bonds. The Labute approximate surface area is 99.2 Å². The number of rotatable bonds is 2. The molecule has 0 aliphatic heterocycles. The molecule has 0 radical (unpaired) electrons. The summed E-state index contributed by atoms with van der Waals surface area (Å²) in [4.78, 5) is 10.5. The van der Waals surface area contributed by atoms with Gasteiger partial charge in [-0.25, -0.2) is 0 Å². The number of nitrogens with two attached hydrogens (primary N) is 1. The first kappa shape index (κ1) is 12.5. The maximum absolute atomic E-state index is 10.5. The standard InChI is InChI=1S/C9H11NO2.Na/c1-6(9(11)12)7-3-2-4-8(10)5-7;/h2-6H,10H2,1H3,(H,11,12);/q;+1/p-1/t6-;/m0./s1. The second-order valence-electron chi connectivity index (χ2n) is 2.71. The monoisotopic (exact) mass is 187 g/mol. The molecule has 0 aliphatic carbocycles. The Morgan fingerprint density at radius 3 is 2.62 bits per heavy atom. The maximum Gasteiger partial charge on any atom is 1.00 e. The Morgan fingerprint density at radius 1 is 1.54 bits per heavy atom. The van der Waals surface area contributed by atoms with Crippen LogP contribution in [0, 0.1) is 0 Å². The van der Waals surface area contributed by atoms with E-state index in [1.807, 2.05) is 0 Å². The van der Waals surface area contributed by atoms with Crippen LogP contribution >= 0.6 is 0 Å².